The van der Waals surface area contributed by atoms with Crippen LogP contribution < -0.4 is 22.1 Å². The van der Waals surface area contributed by atoms with E-state index in [0.717, 1.165) is 50.8 Å². The first-order valence-electron chi connectivity index (χ1n) is 7.89. The van der Waals surface area contributed by atoms with Gasteiger partial charge >= 0.3 is 0 Å². The molecule has 122 valence electrons. The number of nitrogens with one attached hydrogen (secondary N) is 2. The van der Waals surface area contributed by atoms with Crippen molar-refractivity contribution < 1.29 is 0 Å². The maximum Gasteiger partial charge on any atom is 0.0417 e. The highest BCUT2D eigenvalue weighted by molar-refractivity contribution is 7.99. The van der Waals surface area contributed by atoms with Crippen LogP contribution in [-0.2, 0) is 0 Å². The minimum absolute atomic E-state index is 0.812. The Balaban J connectivity index is 2.89. The van der Waals surface area contributed by atoms with Gasteiger partial charge in [0.15, 0.2) is 0 Å². The number of hydrogen-bond donors (Lipinski definition) is 4. The minimum atomic E-state index is 0.812. The van der Waals surface area contributed by atoms with Gasteiger partial charge in [-0.25, -0.2) is 0 Å². The summed E-state index contributed by atoms with van der Waals surface area (Å²) in [5.74, 6) is 4.50. The average Bonchev–Trinajstić information content (AvgIpc) is 2.47. The number of thioether (sulfide) groups is 2. The summed E-state index contributed by atoms with van der Waals surface area (Å²) < 4.78 is 0. The molecule has 0 heterocycles. The average molecular weight is 323 g/mol. The Kier molecular flexibility index (Phi) is 20.1. The number of rotatable bonds is 17. The standard InChI is InChI=1S/C14H34N4S2/c15-7-5-11-19-13-17-9-3-1-2-4-10-18-14-20-12-6-8-16/h17-18H,1-16H2. The van der Waals surface area contributed by atoms with Crippen LogP contribution in [0.3, 0.4) is 0 Å². The molecule has 0 aromatic rings. The van der Waals surface area contributed by atoms with Gasteiger partial charge in [-0.15, -0.1) is 23.5 Å². The molecule has 20 heavy (non-hydrogen) atoms. The van der Waals surface area contributed by atoms with Crippen LogP contribution in [0.15, 0.2) is 0 Å². The van der Waals surface area contributed by atoms with Gasteiger partial charge in [-0.2, -0.15) is 0 Å². The Morgan fingerprint density at radius 3 is 1.45 bits per heavy atom. The van der Waals surface area contributed by atoms with Gasteiger partial charge in [0.1, 0.15) is 0 Å². The zero-order valence-electron chi connectivity index (χ0n) is 12.9. The molecule has 6 N–H and O–H groups in total. The minimum Gasteiger partial charge on any atom is -0.330 e. The van der Waals surface area contributed by atoms with Gasteiger partial charge in [-0.1, -0.05) is 12.8 Å². The lowest BCUT2D eigenvalue weighted by Gasteiger charge is -2.06. The van der Waals surface area contributed by atoms with E-state index < -0.39 is 0 Å². The molecule has 0 saturated carbocycles. The Morgan fingerprint density at radius 1 is 0.600 bits per heavy atom. The van der Waals surface area contributed by atoms with Crippen molar-refractivity contribution in [1.29, 1.82) is 0 Å². The molecule has 4 nitrogen and oxygen atoms in total. The quantitative estimate of drug-likeness (QED) is 0.242. The SMILES string of the molecule is NCCCSCNCCCCCCNCSCCCN. The molecule has 0 rings (SSSR count). The van der Waals surface area contributed by atoms with Crippen molar-refractivity contribution in [3.8, 4) is 0 Å². The molecule has 0 aromatic carbocycles. The Morgan fingerprint density at radius 2 is 1.05 bits per heavy atom. The lowest BCUT2D eigenvalue weighted by atomic mass is 10.2. The molecule has 0 fully saturated rings. The molecule has 0 atom stereocenters. The van der Waals surface area contributed by atoms with E-state index in [2.05, 4.69) is 10.6 Å². The van der Waals surface area contributed by atoms with E-state index in [-0.39, 0.29) is 0 Å². The second-order valence-electron chi connectivity index (χ2n) is 4.80. The molecule has 0 aliphatic heterocycles. The lowest BCUT2D eigenvalue weighted by molar-refractivity contribution is 0.594. The van der Waals surface area contributed by atoms with E-state index in [1.165, 1.54) is 37.2 Å². The van der Waals surface area contributed by atoms with Crippen molar-refractivity contribution in [1.82, 2.24) is 10.6 Å². The van der Waals surface area contributed by atoms with E-state index in [1.54, 1.807) is 0 Å². The smallest absolute Gasteiger partial charge is 0.0417 e. The van der Waals surface area contributed by atoms with Crippen LogP contribution in [-0.4, -0.2) is 49.4 Å². The summed E-state index contributed by atoms with van der Waals surface area (Å²) in [6.45, 7) is 3.93. The van der Waals surface area contributed by atoms with E-state index in [9.17, 15) is 0 Å². The summed E-state index contributed by atoms with van der Waals surface area (Å²) in [4.78, 5) is 0. The summed E-state index contributed by atoms with van der Waals surface area (Å²) in [6.07, 6.45) is 7.52. The van der Waals surface area contributed by atoms with E-state index in [1.807, 2.05) is 23.5 Å². The lowest BCUT2D eigenvalue weighted by Crippen LogP contribution is -2.16. The van der Waals surface area contributed by atoms with Crippen molar-refractivity contribution in [2.75, 3.05) is 49.4 Å². The van der Waals surface area contributed by atoms with Gasteiger partial charge in [0.25, 0.3) is 0 Å². The third-order valence-electron chi connectivity index (χ3n) is 2.85. The van der Waals surface area contributed by atoms with Crippen molar-refractivity contribution in [3.05, 3.63) is 0 Å². The van der Waals surface area contributed by atoms with Crippen LogP contribution in [0.4, 0.5) is 0 Å². The predicted octanol–water partition coefficient (Wildman–Crippen LogP) is 1.81. The molecular formula is C14H34N4S2. The molecular weight excluding hydrogens is 288 g/mol. The highest BCUT2D eigenvalue weighted by Crippen LogP contribution is 2.02. The fourth-order valence-electron chi connectivity index (χ4n) is 1.66. The molecule has 0 unspecified atom stereocenters. The van der Waals surface area contributed by atoms with Crippen LogP contribution >= 0.6 is 23.5 Å². The van der Waals surface area contributed by atoms with Crippen LogP contribution in [0, 0.1) is 0 Å². The van der Waals surface area contributed by atoms with Crippen LogP contribution in [0.5, 0.6) is 0 Å². The molecule has 0 spiro atoms. The molecule has 0 bridgehead atoms. The summed E-state index contributed by atoms with van der Waals surface area (Å²) in [5, 5.41) is 6.94. The van der Waals surface area contributed by atoms with Crippen molar-refractivity contribution in [2.24, 2.45) is 11.5 Å². The molecule has 6 heteroatoms. The van der Waals surface area contributed by atoms with Crippen LogP contribution in [0.1, 0.15) is 38.5 Å². The van der Waals surface area contributed by atoms with Crippen LogP contribution in [0.25, 0.3) is 0 Å². The largest absolute Gasteiger partial charge is 0.330 e. The highest BCUT2D eigenvalue weighted by Gasteiger charge is 1.92. The van der Waals surface area contributed by atoms with E-state index in [4.69, 9.17) is 11.5 Å². The summed E-state index contributed by atoms with van der Waals surface area (Å²) >= 11 is 3.90. The first kappa shape index (κ1) is 20.5. The summed E-state index contributed by atoms with van der Waals surface area (Å²) in [5.41, 5.74) is 10.9. The third kappa shape index (κ3) is 18.5. The molecule has 0 aromatic heterocycles. The number of nitrogens with two attached hydrogens (primary N) is 2. The van der Waals surface area contributed by atoms with Gasteiger partial charge in [-0.3, -0.25) is 0 Å². The molecule has 0 aliphatic carbocycles. The first-order valence-corrected chi connectivity index (χ1v) is 10.2. The molecule has 0 radical (unpaired) electrons. The molecule has 0 saturated heterocycles. The van der Waals surface area contributed by atoms with E-state index in [0.29, 0.717) is 0 Å². The van der Waals surface area contributed by atoms with Gasteiger partial charge in [-0.05, 0) is 63.4 Å². The first-order chi connectivity index (χ1) is 9.91. The topological polar surface area (TPSA) is 76.1 Å². The maximum absolute atomic E-state index is 5.44. The van der Waals surface area contributed by atoms with Crippen molar-refractivity contribution in [2.45, 2.75) is 38.5 Å². The second kappa shape index (κ2) is 19.5. The highest BCUT2D eigenvalue weighted by atomic mass is 32.2. The molecule has 0 aliphatic rings. The predicted molar refractivity (Wildman–Crippen MR) is 96.5 cm³/mol. The fourth-order valence-corrected chi connectivity index (χ4v) is 3.26. The summed E-state index contributed by atoms with van der Waals surface area (Å²) in [6, 6.07) is 0. The normalized spacial score (nSPS) is 11.1. The zero-order chi connectivity index (χ0) is 14.7. The zero-order valence-corrected chi connectivity index (χ0v) is 14.5. The van der Waals surface area contributed by atoms with Crippen LogP contribution in [0.2, 0.25) is 0 Å². The Hall–Kier alpha value is 0.540. The van der Waals surface area contributed by atoms with Crippen molar-refractivity contribution in [3.63, 3.8) is 0 Å². The van der Waals surface area contributed by atoms with Crippen molar-refractivity contribution >= 4 is 23.5 Å². The second-order valence-corrected chi connectivity index (χ2v) is 7.01. The van der Waals surface area contributed by atoms with Gasteiger partial charge in [0.2, 0.25) is 0 Å². The summed E-state index contributed by atoms with van der Waals surface area (Å²) in [7, 11) is 0. The maximum atomic E-state index is 5.44. The Bertz CT molecular complexity index is 155. The van der Waals surface area contributed by atoms with E-state index >= 15 is 0 Å². The van der Waals surface area contributed by atoms with Gasteiger partial charge < -0.3 is 22.1 Å². The third-order valence-corrected chi connectivity index (χ3v) is 4.82. The van der Waals surface area contributed by atoms with Gasteiger partial charge in [0, 0.05) is 11.8 Å². The number of hydrogen-bond acceptors (Lipinski definition) is 6. The molecule has 0 amide bonds. The van der Waals surface area contributed by atoms with Gasteiger partial charge in [0.05, 0.1) is 0 Å². The Labute approximate surface area is 134 Å². The fraction of sp³-hybridized carbons (Fsp3) is 1.00. The number of unbranched alkanes of at least 4 members (excludes halogenated alkanes) is 3. The monoisotopic (exact) mass is 322 g/mol.